The quantitative estimate of drug-likeness (QED) is 0.711. The van der Waals surface area contributed by atoms with Crippen molar-refractivity contribution in [2.75, 3.05) is 5.32 Å². The molecule has 2 rings (SSSR count). The number of hydrogen-bond donors (Lipinski definition) is 1. The van der Waals surface area contributed by atoms with Crippen LogP contribution in [0.3, 0.4) is 0 Å². The molecule has 16 heavy (non-hydrogen) atoms. The smallest absolute Gasteiger partial charge is 0.282 e. The van der Waals surface area contributed by atoms with Gasteiger partial charge in [-0.25, -0.2) is 0 Å². The van der Waals surface area contributed by atoms with Crippen molar-refractivity contribution < 1.29 is 18.3 Å². The zero-order valence-electron chi connectivity index (χ0n) is 8.22. The molecule has 1 aromatic carbocycles. The number of nitrogens with zero attached hydrogens (tertiary/aromatic N) is 1. The van der Waals surface area contributed by atoms with Gasteiger partial charge in [0.1, 0.15) is 0 Å². The average Bonchev–Trinajstić information content (AvgIpc) is 2.36. The molecule has 6 nitrogen and oxygen atoms in total. The predicted molar refractivity (Wildman–Crippen MR) is 54.5 cm³/mol. The lowest BCUT2D eigenvalue weighted by Gasteiger charge is -2.06. The molecule has 0 fully saturated rings. The Hall–Kier alpha value is -1.89. The Bertz CT molecular complexity index is 604. The number of rotatable bonds is 1. The summed E-state index contributed by atoms with van der Waals surface area (Å²) >= 11 is 0. The van der Waals surface area contributed by atoms with Gasteiger partial charge in [0.2, 0.25) is 5.91 Å². The van der Waals surface area contributed by atoms with Crippen LogP contribution < -0.4 is 10.4 Å². The lowest BCUT2D eigenvalue weighted by Crippen LogP contribution is -2.16. The molecular formula is C9H7N2O4S-. The molecule has 0 spiro atoms. The van der Waals surface area contributed by atoms with Gasteiger partial charge < -0.3 is 10.4 Å². The van der Waals surface area contributed by atoms with Crippen LogP contribution in [0.4, 0.5) is 5.69 Å². The van der Waals surface area contributed by atoms with E-state index >= 15 is 0 Å². The van der Waals surface area contributed by atoms with Gasteiger partial charge in [-0.1, -0.05) is 6.07 Å². The van der Waals surface area contributed by atoms with E-state index in [0.717, 1.165) is 0 Å². The first-order chi connectivity index (χ1) is 7.40. The second-order valence-electron chi connectivity index (χ2n) is 3.26. The van der Waals surface area contributed by atoms with Crippen LogP contribution in [0, 0.1) is 0 Å². The number of amides is 1. The number of anilines is 1. The molecule has 0 aliphatic carbocycles. The van der Waals surface area contributed by atoms with Crippen LogP contribution >= 0.6 is 0 Å². The van der Waals surface area contributed by atoms with Crippen molar-refractivity contribution in [2.45, 2.75) is 11.8 Å². The fourth-order valence-corrected chi connectivity index (χ4v) is 2.53. The van der Waals surface area contributed by atoms with E-state index in [1.807, 2.05) is 0 Å². The van der Waals surface area contributed by atoms with E-state index in [9.17, 15) is 18.3 Å². The molecule has 1 aromatic rings. The summed E-state index contributed by atoms with van der Waals surface area (Å²) in [5.41, 5.74) is 0.355. The summed E-state index contributed by atoms with van der Waals surface area (Å²) in [6, 6.07) is 4.01. The van der Waals surface area contributed by atoms with Crippen molar-refractivity contribution >= 4 is 27.5 Å². The summed E-state index contributed by atoms with van der Waals surface area (Å²) in [7, 11) is -3.89. The number of sulfonamides is 1. The SMILES string of the molecule is CC(=O)Nc1ccc2c(c1)S(=O)(=O)N=C2[O-]. The fraction of sp³-hybridized carbons (Fsp3) is 0.111. The predicted octanol–water partition coefficient (Wildman–Crippen LogP) is -0.546. The van der Waals surface area contributed by atoms with E-state index in [4.69, 9.17) is 0 Å². The second kappa shape index (κ2) is 3.31. The Morgan fingerprint density at radius 3 is 2.75 bits per heavy atom. The molecule has 1 amide bonds. The van der Waals surface area contributed by atoms with Gasteiger partial charge in [-0.15, -0.1) is 0 Å². The minimum atomic E-state index is -3.89. The van der Waals surface area contributed by atoms with Crippen molar-refractivity contribution in [3.05, 3.63) is 23.8 Å². The number of hydrogen-bond acceptors (Lipinski definition) is 4. The largest absolute Gasteiger partial charge is 0.858 e. The maximum Gasteiger partial charge on any atom is 0.282 e. The minimum Gasteiger partial charge on any atom is -0.858 e. The molecule has 0 saturated carbocycles. The van der Waals surface area contributed by atoms with Gasteiger partial charge in [0.05, 0.1) is 4.90 Å². The first kappa shape index (κ1) is 10.6. The highest BCUT2D eigenvalue weighted by molar-refractivity contribution is 7.90. The number of carbonyl (C=O) groups is 1. The maximum absolute atomic E-state index is 11.4. The molecule has 0 atom stereocenters. The molecule has 1 aliphatic heterocycles. The number of carbonyl (C=O) groups excluding carboxylic acids is 1. The van der Waals surface area contributed by atoms with Crippen molar-refractivity contribution in [1.82, 2.24) is 0 Å². The lowest BCUT2D eigenvalue weighted by atomic mass is 10.2. The molecule has 1 heterocycles. The minimum absolute atomic E-state index is 0.0362. The Labute approximate surface area is 91.7 Å². The summed E-state index contributed by atoms with van der Waals surface area (Å²) in [5.74, 6) is -1.09. The molecule has 0 saturated heterocycles. The third-order valence-electron chi connectivity index (χ3n) is 2.01. The summed E-state index contributed by atoms with van der Waals surface area (Å²) in [4.78, 5) is 10.6. The van der Waals surface area contributed by atoms with Gasteiger partial charge in [0, 0.05) is 24.1 Å². The summed E-state index contributed by atoms with van der Waals surface area (Å²) in [6.07, 6.45) is 0. The van der Waals surface area contributed by atoms with Gasteiger partial charge in [-0.3, -0.25) is 4.79 Å². The Morgan fingerprint density at radius 2 is 2.12 bits per heavy atom. The molecule has 7 heteroatoms. The number of fused-ring (bicyclic) bond motifs is 1. The van der Waals surface area contributed by atoms with Crippen LogP contribution in [0.1, 0.15) is 12.5 Å². The molecule has 1 aliphatic rings. The van der Waals surface area contributed by atoms with E-state index in [-0.39, 0.29) is 16.4 Å². The van der Waals surface area contributed by atoms with Gasteiger partial charge in [0.25, 0.3) is 10.0 Å². The summed E-state index contributed by atoms with van der Waals surface area (Å²) in [5, 5.41) is 13.6. The third kappa shape index (κ3) is 1.65. The Kier molecular flexibility index (Phi) is 2.20. The van der Waals surface area contributed by atoms with E-state index in [1.165, 1.54) is 25.1 Å². The standard InChI is InChI=1S/C9H8N2O4S/c1-5(12)10-6-2-3-7-8(4-6)16(14,15)11-9(7)13/h2-4H,1H3,(H,10,12)(H,11,13)/p-1. The highest BCUT2D eigenvalue weighted by Gasteiger charge is 2.24. The molecule has 1 N–H and O–H groups in total. The topological polar surface area (TPSA) is 98.7 Å². The first-order valence-electron chi connectivity index (χ1n) is 4.34. The maximum atomic E-state index is 11.4. The van der Waals surface area contributed by atoms with Gasteiger partial charge in [-0.05, 0) is 12.1 Å². The van der Waals surface area contributed by atoms with E-state index < -0.39 is 15.9 Å². The molecule has 0 radical (unpaired) electrons. The normalized spacial score (nSPS) is 16.4. The first-order valence-corrected chi connectivity index (χ1v) is 5.78. The average molecular weight is 239 g/mol. The van der Waals surface area contributed by atoms with Crippen LogP contribution in [0.25, 0.3) is 0 Å². The Balaban J connectivity index is 2.54. The number of benzene rings is 1. The lowest BCUT2D eigenvalue weighted by molar-refractivity contribution is -0.212. The Morgan fingerprint density at radius 1 is 1.44 bits per heavy atom. The summed E-state index contributed by atoms with van der Waals surface area (Å²) < 4.78 is 25.8. The van der Waals surface area contributed by atoms with Crippen LogP contribution in [0.5, 0.6) is 0 Å². The van der Waals surface area contributed by atoms with E-state index in [2.05, 4.69) is 9.71 Å². The number of nitrogens with one attached hydrogen (secondary N) is 1. The molecular weight excluding hydrogens is 232 g/mol. The zero-order chi connectivity index (χ0) is 11.9. The van der Waals surface area contributed by atoms with Crippen LogP contribution in [0.15, 0.2) is 27.5 Å². The molecule has 84 valence electrons. The highest BCUT2D eigenvalue weighted by atomic mass is 32.2. The van der Waals surface area contributed by atoms with Crippen molar-refractivity contribution in [2.24, 2.45) is 4.40 Å². The third-order valence-corrected chi connectivity index (χ3v) is 3.31. The van der Waals surface area contributed by atoms with Crippen molar-refractivity contribution in [3.8, 4) is 0 Å². The zero-order valence-corrected chi connectivity index (χ0v) is 9.04. The van der Waals surface area contributed by atoms with Gasteiger partial charge in [-0.2, -0.15) is 12.8 Å². The van der Waals surface area contributed by atoms with E-state index in [1.54, 1.807) is 0 Å². The fourth-order valence-electron chi connectivity index (χ4n) is 1.40. The second-order valence-corrected chi connectivity index (χ2v) is 4.84. The van der Waals surface area contributed by atoms with Crippen LogP contribution in [-0.2, 0) is 14.8 Å². The molecule has 0 bridgehead atoms. The summed E-state index contributed by atoms with van der Waals surface area (Å²) in [6.45, 7) is 1.30. The van der Waals surface area contributed by atoms with Gasteiger partial charge >= 0.3 is 0 Å². The van der Waals surface area contributed by atoms with Crippen molar-refractivity contribution in [3.63, 3.8) is 0 Å². The monoisotopic (exact) mass is 239 g/mol. The molecule has 0 aromatic heterocycles. The van der Waals surface area contributed by atoms with Gasteiger partial charge in [0.15, 0.2) is 0 Å². The van der Waals surface area contributed by atoms with Crippen LogP contribution in [-0.4, -0.2) is 20.2 Å². The molecule has 0 unspecified atom stereocenters. The van der Waals surface area contributed by atoms with E-state index in [0.29, 0.717) is 5.69 Å². The van der Waals surface area contributed by atoms with Crippen LogP contribution in [0.2, 0.25) is 0 Å². The highest BCUT2D eigenvalue weighted by Crippen LogP contribution is 2.27. The van der Waals surface area contributed by atoms with Crippen molar-refractivity contribution in [1.29, 1.82) is 0 Å².